The molecule has 0 radical (unpaired) electrons. The fourth-order valence-corrected chi connectivity index (χ4v) is 2.86. The van der Waals surface area contributed by atoms with E-state index in [9.17, 15) is 0 Å². The van der Waals surface area contributed by atoms with Crippen LogP contribution >= 0.6 is 0 Å². The molecule has 1 aromatic carbocycles. The Labute approximate surface area is 175 Å². The SMILES string of the molecule is CC(C)C[NH-].CC(C)C[NH-].CC(C)C[NH-].[CH3][GeH]([CH3])[c-]1cccc1.[Hf+4]. The maximum Gasteiger partial charge on any atom is 4.00 e. The van der Waals surface area contributed by atoms with Gasteiger partial charge >= 0.3 is 80.4 Å². The van der Waals surface area contributed by atoms with Gasteiger partial charge in [0.25, 0.3) is 0 Å². The third kappa shape index (κ3) is 34.1. The van der Waals surface area contributed by atoms with Crippen molar-refractivity contribution in [3.8, 4) is 0 Å². The molecule has 5 heteroatoms. The molecular formula is C19H41GeHfN3. The van der Waals surface area contributed by atoms with E-state index in [1.165, 1.54) is 0 Å². The van der Waals surface area contributed by atoms with Crippen LogP contribution in [0, 0.1) is 17.8 Å². The third-order valence-corrected chi connectivity index (χ3v) is 6.18. The molecule has 0 atom stereocenters. The zero-order valence-corrected chi connectivity index (χ0v) is 23.3. The predicted octanol–water partition coefficient (Wildman–Crippen LogP) is 6.18. The van der Waals surface area contributed by atoms with Gasteiger partial charge < -0.3 is 17.2 Å². The monoisotopic (exact) mass is 565 g/mol. The molecule has 0 unspecified atom stereocenters. The van der Waals surface area contributed by atoms with Crippen molar-refractivity contribution in [2.45, 2.75) is 53.1 Å². The largest absolute Gasteiger partial charge is 4.00 e. The van der Waals surface area contributed by atoms with Gasteiger partial charge in [-0.1, -0.05) is 59.3 Å². The first-order valence-corrected chi connectivity index (χ1v) is 14.8. The number of hydrogen-bond acceptors (Lipinski definition) is 0. The summed E-state index contributed by atoms with van der Waals surface area (Å²) in [5.74, 6) is 6.44. The van der Waals surface area contributed by atoms with Crippen LogP contribution in [0.1, 0.15) is 41.5 Å². The smallest absolute Gasteiger partial charge is 4.00 e. The minimum atomic E-state index is -0.888. The summed E-state index contributed by atoms with van der Waals surface area (Å²) in [6.07, 6.45) is 0. The molecule has 24 heavy (non-hydrogen) atoms. The van der Waals surface area contributed by atoms with Crippen LogP contribution in [0.2, 0.25) is 11.5 Å². The molecule has 0 saturated heterocycles. The molecule has 1 rings (SSSR count). The molecule has 0 aliphatic heterocycles. The molecule has 0 aliphatic rings. The Bertz CT molecular complexity index is 281. The Morgan fingerprint density at radius 1 is 0.708 bits per heavy atom. The van der Waals surface area contributed by atoms with Crippen molar-refractivity contribution >= 4 is 18.7 Å². The van der Waals surface area contributed by atoms with Crippen LogP contribution in [-0.2, 0) is 25.8 Å². The van der Waals surface area contributed by atoms with Crippen LogP contribution in [0.25, 0.3) is 17.2 Å². The van der Waals surface area contributed by atoms with Gasteiger partial charge in [-0.05, 0) is 0 Å². The van der Waals surface area contributed by atoms with Crippen molar-refractivity contribution < 1.29 is 25.8 Å². The molecule has 0 fully saturated rings. The Balaban J connectivity index is -0.000000113. The fraction of sp³-hybridized carbons (Fsp3) is 0.737. The van der Waals surface area contributed by atoms with Gasteiger partial charge in [-0.15, -0.1) is 19.6 Å². The summed E-state index contributed by atoms with van der Waals surface area (Å²) in [5, 5.41) is 0. The van der Waals surface area contributed by atoms with Crippen LogP contribution in [0.5, 0.6) is 0 Å². The zero-order chi connectivity index (χ0) is 18.8. The van der Waals surface area contributed by atoms with E-state index in [1.807, 2.05) is 41.5 Å². The first-order chi connectivity index (χ1) is 10.6. The van der Waals surface area contributed by atoms with Crippen molar-refractivity contribution in [1.29, 1.82) is 0 Å². The van der Waals surface area contributed by atoms with Gasteiger partial charge in [0.15, 0.2) is 0 Å². The molecule has 140 valence electrons. The van der Waals surface area contributed by atoms with Crippen LogP contribution in [0.3, 0.4) is 0 Å². The minimum absolute atomic E-state index is 0. The summed E-state index contributed by atoms with van der Waals surface area (Å²) in [6.45, 7) is 13.9. The standard InChI is InChI=1S/C7H11Ge.3C4H10N.Hf/c1-8(2)7-5-3-4-6-7;3*1-4(2)3-5;/h3-6,8H,1-2H3;3*4-5H,3H2,1-2H3;/q4*-1;+4. The zero-order valence-electron chi connectivity index (χ0n) is 17.2. The van der Waals surface area contributed by atoms with E-state index in [2.05, 4.69) is 35.8 Å². The van der Waals surface area contributed by atoms with E-state index in [-0.39, 0.29) is 25.8 Å². The van der Waals surface area contributed by atoms with Gasteiger partial charge in [0, 0.05) is 0 Å². The quantitative estimate of drug-likeness (QED) is 0.311. The molecule has 0 saturated carbocycles. The van der Waals surface area contributed by atoms with Crippen LogP contribution < -0.4 is 4.40 Å². The fourth-order valence-electron chi connectivity index (χ4n) is 0.774. The average Bonchev–Trinajstić information content (AvgIpc) is 3.03. The Morgan fingerprint density at radius 2 is 0.917 bits per heavy atom. The summed E-state index contributed by atoms with van der Waals surface area (Å²) in [5.41, 5.74) is 20.0. The minimum Gasteiger partial charge on any atom is 4.00 e. The molecule has 3 nitrogen and oxygen atoms in total. The van der Waals surface area contributed by atoms with Crippen LogP contribution in [0.4, 0.5) is 0 Å². The normalized spacial score (nSPS) is 9.46. The van der Waals surface area contributed by atoms with Crippen LogP contribution in [0.15, 0.2) is 24.3 Å². The second kappa shape index (κ2) is 23.6. The number of rotatable bonds is 4. The van der Waals surface area contributed by atoms with Gasteiger partial charge in [-0.2, -0.15) is 0 Å². The third-order valence-electron chi connectivity index (χ3n) is 2.58. The molecule has 0 bridgehead atoms. The summed E-state index contributed by atoms with van der Waals surface area (Å²) >= 11 is -0.888. The Kier molecular flexibility index (Phi) is 31.8. The van der Waals surface area contributed by atoms with Crippen molar-refractivity contribution in [2.75, 3.05) is 19.6 Å². The van der Waals surface area contributed by atoms with Gasteiger partial charge in [0.2, 0.25) is 0 Å². The summed E-state index contributed by atoms with van der Waals surface area (Å²) < 4.78 is 1.62. The van der Waals surface area contributed by atoms with Crippen molar-refractivity contribution in [1.82, 2.24) is 0 Å². The maximum absolute atomic E-state index is 6.66. The molecule has 0 spiro atoms. The molecule has 0 aromatic heterocycles. The van der Waals surface area contributed by atoms with Gasteiger partial charge in [-0.3, -0.25) is 0 Å². The average molecular weight is 563 g/mol. The number of nitrogens with one attached hydrogen (secondary N) is 3. The second-order valence-electron chi connectivity index (χ2n) is 7.17. The number of hydrogen-bond donors (Lipinski definition) is 0. The van der Waals surface area contributed by atoms with Crippen molar-refractivity contribution in [3.05, 3.63) is 41.5 Å². The van der Waals surface area contributed by atoms with Gasteiger partial charge in [-0.25, -0.2) is 0 Å². The molecule has 1 aromatic rings. The summed E-state index contributed by atoms with van der Waals surface area (Å²) in [6, 6.07) is 8.73. The van der Waals surface area contributed by atoms with E-state index in [0.717, 1.165) is 0 Å². The predicted molar refractivity (Wildman–Crippen MR) is 113 cm³/mol. The maximum atomic E-state index is 6.66. The van der Waals surface area contributed by atoms with E-state index in [4.69, 9.17) is 17.2 Å². The molecule has 0 heterocycles. The molecule has 0 aliphatic carbocycles. The topological polar surface area (TPSA) is 71.4 Å². The van der Waals surface area contributed by atoms with Gasteiger partial charge in [0.05, 0.1) is 0 Å². The first kappa shape index (κ1) is 32.3. The van der Waals surface area contributed by atoms with Gasteiger partial charge in [0.1, 0.15) is 0 Å². The molecular weight excluding hydrogens is 521 g/mol. The van der Waals surface area contributed by atoms with E-state index >= 15 is 0 Å². The first-order valence-electron chi connectivity index (χ1n) is 8.77. The van der Waals surface area contributed by atoms with E-state index in [0.29, 0.717) is 37.4 Å². The summed E-state index contributed by atoms with van der Waals surface area (Å²) in [7, 11) is 0. The molecule has 3 N–H and O–H groups in total. The van der Waals surface area contributed by atoms with Crippen molar-refractivity contribution in [2.24, 2.45) is 17.8 Å². The van der Waals surface area contributed by atoms with Crippen LogP contribution in [-0.4, -0.2) is 34.0 Å². The molecule has 0 amide bonds. The van der Waals surface area contributed by atoms with E-state index in [1.54, 1.807) is 4.40 Å². The van der Waals surface area contributed by atoms with Crippen molar-refractivity contribution in [3.63, 3.8) is 0 Å². The Hall–Kier alpha value is 0.643. The Morgan fingerprint density at radius 3 is 1.00 bits per heavy atom. The summed E-state index contributed by atoms with van der Waals surface area (Å²) in [4.78, 5) is 0. The van der Waals surface area contributed by atoms with E-state index < -0.39 is 14.3 Å². The second-order valence-corrected chi connectivity index (χ2v) is 13.4.